The number of hydrogen-bond donors (Lipinski definition) is 1. The molecule has 2 rings (SSSR count). The van der Waals surface area contributed by atoms with Gasteiger partial charge in [-0.2, -0.15) is 0 Å². The molecule has 1 N–H and O–H groups in total. The first kappa shape index (κ1) is 18.4. The number of benzene rings is 1. The molecule has 8 heteroatoms. The van der Waals surface area contributed by atoms with Crippen molar-refractivity contribution >= 4 is 24.2 Å². The number of nitro groups is 1. The number of carbonyl (C=O) groups is 1. The van der Waals surface area contributed by atoms with Crippen molar-refractivity contribution < 1.29 is 19.0 Å². The van der Waals surface area contributed by atoms with E-state index < -0.39 is 23.2 Å². The fraction of sp³-hybridized carbons (Fsp3) is 0.562. The maximum Gasteiger partial charge on any atom is 0.495 e. The van der Waals surface area contributed by atoms with Gasteiger partial charge in [0.2, 0.25) is 0 Å². The standard InChI is InChI=1S/C16H23BN2O5/c1-6-7-18-14(20)11-8-12(10-13(9-11)19(21)22)17-23-15(2,3)16(4,5)24-17/h8-10H,6-7H2,1-5H3,(H,18,20). The molecule has 1 aromatic rings. The lowest BCUT2D eigenvalue weighted by atomic mass is 9.78. The van der Waals surface area contributed by atoms with E-state index >= 15 is 0 Å². The van der Waals surface area contributed by atoms with E-state index in [0.717, 1.165) is 6.42 Å². The highest BCUT2D eigenvalue weighted by Gasteiger charge is 2.52. The predicted octanol–water partition coefficient (Wildman–Crippen LogP) is 2.03. The molecule has 1 heterocycles. The number of rotatable bonds is 5. The predicted molar refractivity (Wildman–Crippen MR) is 91.4 cm³/mol. The van der Waals surface area contributed by atoms with Crippen LogP contribution in [0.2, 0.25) is 0 Å². The summed E-state index contributed by atoms with van der Waals surface area (Å²) in [6, 6.07) is 4.23. The Morgan fingerprint density at radius 1 is 1.21 bits per heavy atom. The van der Waals surface area contributed by atoms with E-state index in [4.69, 9.17) is 9.31 Å². The first-order chi connectivity index (χ1) is 11.1. The van der Waals surface area contributed by atoms with Gasteiger partial charge in [0.05, 0.1) is 16.1 Å². The fourth-order valence-corrected chi connectivity index (χ4v) is 2.33. The molecule has 0 spiro atoms. The van der Waals surface area contributed by atoms with Gasteiger partial charge in [-0.25, -0.2) is 0 Å². The molecule has 24 heavy (non-hydrogen) atoms. The van der Waals surface area contributed by atoms with Gasteiger partial charge in [0.15, 0.2) is 0 Å². The summed E-state index contributed by atoms with van der Waals surface area (Å²) in [5.74, 6) is -0.349. The summed E-state index contributed by atoms with van der Waals surface area (Å²) in [5.41, 5.74) is -0.601. The Labute approximate surface area is 142 Å². The molecular formula is C16H23BN2O5. The normalized spacial score (nSPS) is 18.5. The Bertz CT molecular complexity index is 644. The first-order valence-corrected chi connectivity index (χ1v) is 8.00. The average Bonchev–Trinajstić information content (AvgIpc) is 2.72. The minimum Gasteiger partial charge on any atom is -0.399 e. The van der Waals surface area contributed by atoms with Gasteiger partial charge in [0.25, 0.3) is 11.6 Å². The molecule has 1 aromatic carbocycles. The van der Waals surface area contributed by atoms with Crippen LogP contribution in [0.15, 0.2) is 18.2 Å². The molecule has 1 aliphatic rings. The van der Waals surface area contributed by atoms with Crippen molar-refractivity contribution in [1.82, 2.24) is 5.32 Å². The minimum absolute atomic E-state index is 0.163. The van der Waals surface area contributed by atoms with Crippen molar-refractivity contribution in [2.24, 2.45) is 0 Å². The van der Waals surface area contributed by atoms with Crippen LogP contribution in [0.4, 0.5) is 5.69 Å². The minimum atomic E-state index is -0.757. The largest absolute Gasteiger partial charge is 0.495 e. The summed E-state index contributed by atoms with van der Waals surface area (Å²) in [6.45, 7) is 10.0. The third-order valence-corrected chi connectivity index (χ3v) is 4.47. The molecule has 1 aliphatic heterocycles. The second kappa shape index (κ2) is 6.53. The molecular weight excluding hydrogens is 311 g/mol. The van der Waals surface area contributed by atoms with Gasteiger partial charge >= 0.3 is 7.12 Å². The van der Waals surface area contributed by atoms with E-state index in [2.05, 4.69) is 5.32 Å². The third-order valence-electron chi connectivity index (χ3n) is 4.47. The summed E-state index contributed by atoms with van der Waals surface area (Å²) < 4.78 is 11.8. The van der Waals surface area contributed by atoms with Crippen molar-refractivity contribution in [3.05, 3.63) is 33.9 Å². The van der Waals surface area contributed by atoms with E-state index in [1.165, 1.54) is 12.1 Å². The number of non-ortho nitro benzene ring substituents is 1. The van der Waals surface area contributed by atoms with Gasteiger partial charge in [-0.3, -0.25) is 14.9 Å². The lowest BCUT2D eigenvalue weighted by Crippen LogP contribution is -2.41. The molecule has 130 valence electrons. The topological polar surface area (TPSA) is 90.7 Å². The molecule has 0 radical (unpaired) electrons. The maximum absolute atomic E-state index is 12.2. The summed E-state index contributed by atoms with van der Waals surface area (Å²) in [4.78, 5) is 22.9. The summed E-state index contributed by atoms with van der Waals surface area (Å²) in [5, 5.41) is 13.9. The quantitative estimate of drug-likeness (QED) is 0.505. The summed E-state index contributed by atoms with van der Waals surface area (Å²) in [6.07, 6.45) is 0.782. The second-order valence-corrected chi connectivity index (χ2v) is 6.91. The molecule has 1 saturated heterocycles. The molecule has 1 amide bonds. The Kier molecular flexibility index (Phi) is 5.01. The number of amides is 1. The lowest BCUT2D eigenvalue weighted by Gasteiger charge is -2.32. The molecule has 0 unspecified atom stereocenters. The first-order valence-electron chi connectivity index (χ1n) is 8.00. The lowest BCUT2D eigenvalue weighted by molar-refractivity contribution is -0.384. The van der Waals surface area contributed by atoms with Crippen molar-refractivity contribution in [3.8, 4) is 0 Å². The Morgan fingerprint density at radius 2 is 1.79 bits per heavy atom. The SMILES string of the molecule is CCCNC(=O)c1cc(B2OC(C)(C)C(C)(C)O2)cc([N+](=O)[O-])c1. The molecule has 0 bridgehead atoms. The zero-order valence-corrected chi connectivity index (χ0v) is 14.7. The third kappa shape index (κ3) is 3.60. The van der Waals surface area contributed by atoms with Gasteiger partial charge in [-0.05, 0) is 45.6 Å². The highest BCUT2D eigenvalue weighted by Crippen LogP contribution is 2.36. The maximum atomic E-state index is 12.2. The second-order valence-electron chi connectivity index (χ2n) is 6.91. The Balaban J connectivity index is 2.38. The number of hydrogen-bond acceptors (Lipinski definition) is 5. The summed E-state index contributed by atoms with van der Waals surface area (Å²) in [7, 11) is -0.757. The van der Waals surface area contributed by atoms with Crippen LogP contribution in [0, 0.1) is 10.1 Å². The molecule has 0 aromatic heterocycles. The average molecular weight is 334 g/mol. The monoisotopic (exact) mass is 334 g/mol. The van der Waals surface area contributed by atoms with Crippen LogP contribution in [0.1, 0.15) is 51.4 Å². The highest BCUT2D eigenvalue weighted by molar-refractivity contribution is 6.62. The molecule has 0 atom stereocenters. The van der Waals surface area contributed by atoms with Crippen LogP contribution in [-0.4, -0.2) is 35.7 Å². The number of nitrogens with zero attached hydrogens (tertiary/aromatic N) is 1. The van der Waals surface area contributed by atoms with E-state index in [1.807, 2.05) is 34.6 Å². The number of nitro benzene ring substituents is 1. The van der Waals surface area contributed by atoms with Gasteiger partial charge < -0.3 is 14.6 Å². The molecule has 1 fully saturated rings. The zero-order valence-electron chi connectivity index (χ0n) is 14.7. The Hall–Kier alpha value is -1.93. The molecule has 0 aliphatic carbocycles. The van der Waals surface area contributed by atoms with Crippen LogP contribution in [0.5, 0.6) is 0 Å². The zero-order chi connectivity index (χ0) is 18.1. The van der Waals surface area contributed by atoms with Crippen molar-refractivity contribution in [2.75, 3.05) is 6.54 Å². The highest BCUT2D eigenvalue weighted by atomic mass is 16.7. The van der Waals surface area contributed by atoms with Crippen LogP contribution >= 0.6 is 0 Å². The van der Waals surface area contributed by atoms with E-state index in [-0.39, 0.29) is 17.2 Å². The van der Waals surface area contributed by atoms with Gasteiger partial charge in [-0.15, -0.1) is 0 Å². The summed E-state index contributed by atoms with van der Waals surface area (Å²) >= 11 is 0. The number of carbonyl (C=O) groups excluding carboxylic acids is 1. The fourth-order valence-electron chi connectivity index (χ4n) is 2.33. The van der Waals surface area contributed by atoms with E-state index in [1.54, 1.807) is 6.07 Å². The van der Waals surface area contributed by atoms with Gasteiger partial charge in [-0.1, -0.05) is 6.92 Å². The van der Waals surface area contributed by atoms with Gasteiger partial charge in [0.1, 0.15) is 0 Å². The Morgan fingerprint density at radius 3 is 2.29 bits per heavy atom. The van der Waals surface area contributed by atoms with Crippen LogP contribution in [-0.2, 0) is 9.31 Å². The van der Waals surface area contributed by atoms with Crippen molar-refractivity contribution in [1.29, 1.82) is 0 Å². The van der Waals surface area contributed by atoms with E-state index in [0.29, 0.717) is 12.0 Å². The smallest absolute Gasteiger partial charge is 0.399 e. The van der Waals surface area contributed by atoms with Gasteiger partial charge in [0, 0.05) is 24.2 Å². The van der Waals surface area contributed by atoms with Crippen molar-refractivity contribution in [3.63, 3.8) is 0 Å². The van der Waals surface area contributed by atoms with E-state index in [9.17, 15) is 14.9 Å². The van der Waals surface area contributed by atoms with Crippen molar-refractivity contribution in [2.45, 2.75) is 52.2 Å². The van der Waals surface area contributed by atoms with Crippen LogP contribution < -0.4 is 10.8 Å². The van der Waals surface area contributed by atoms with Crippen LogP contribution in [0.3, 0.4) is 0 Å². The number of nitrogens with one attached hydrogen (secondary N) is 1. The van der Waals surface area contributed by atoms with Crippen LogP contribution in [0.25, 0.3) is 0 Å². The molecule has 0 saturated carbocycles. The molecule has 7 nitrogen and oxygen atoms in total.